The van der Waals surface area contributed by atoms with Gasteiger partial charge in [-0.15, -0.1) is 0 Å². The molecule has 9 nitrogen and oxygen atoms in total. The van der Waals surface area contributed by atoms with Crippen molar-refractivity contribution in [3.63, 3.8) is 0 Å². The Morgan fingerprint density at radius 3 is 2.28 bits per heavy atom. The molecule has 0 spiro atoms. The first kappa shape index (κ1) is 29.7. The van der Waals surface area contributed by atoms with Gasteiger partial charge in [-0.05, 0) is 66.8 Å². The molecule has 2 aliphatic rings. The summed E-state index contributed by atoms with van der Waals surface area (Å²) in [5.41, 5.74) is 3.26. The fourth-order valence-corrected chi connectivity index (χ4v) is 5.86. The van der Waals surface area contributed by atoms with Gasteiger partial charge in [0.2, 0.25) is 0 Å². The van der Waals surface area contributed by atoms with E-state index in [-0.39, 0.29) is 42.8 Å². The number of allylic oxidation sites excluding steroid dienone is 2. The fourth-order valence-electron chi connectivity index (χ4n) is 5.86. The lowest BCUT2D eigenvalue weighted by Crippen LogP contribution is -2.38. The van der Waals surface area contributed by atoms with Crippen molar-refractivity contribution in [1.82, 2.24) is 0 Å². The zero-order valence-corrected chi connectivity index (χ0v) is 24.7. The van der Waals surface area contributed by atoms with Crippen molar-refractivity contribution < 1.29 is 38.4 Å². The average molecular weight is 586 g/mol. The highest BCUT2D eigenvalue weighted by molar-refractivity contribution is 6.09. The lowest BCUT2D eigenvalue weighted by Gasteiger charge is -2.36. The zero-order valence-electron chi connectivity index (χ0n) is 24.7. The van der Waals surface area contributed by atoms with E-state index in [2.05, 4.69) is 0 Å². The highest BCUT2D eigenvalue weighted by atomic mass is 16.6. The van der Waals surface area contributed by atoms with Gasteiger partial charge in [0.1, 0.15) is 24.9 Å². The van der Waals surface area contributed by atoms with Crippen molar-refractivity contribution in [2.45, 2.75) is 31.6 Å². The van der Waals surface area contributed by atoms with Crippen molar-refractivity contribution in [3.05, 3.63) is 89.1 Å². The van der Waals surface area contributed by atoms with E-state index in [1.807, 2.05) is 48.5 Å². The van der Waals surface area contributed by atoms with Crippen LogP contribution < -0.4 is 18.9 Å². The van der Waals surface area contributed by atoms with Crippen molar-refractivity contribution >= 4 is 17.5 Å². The van der Waals surface area contributed by atoms with Crippen LogP contribution in [0, 0.1) is 5.92 Å². The molecule has 3 atom stereocenters. The predicted molar refractivity (Wildman–Crippen MR) is 160 cm³/mol. The van der Waals surface area contributed by atoms with Gasteiger partial charge in [0, 0.05) is 29.3 Å². The summed E-state index contributed by atoms with van der Waals surface area (Å²) in [4.78, 5) is 32.4. The lowest BCUT2D eigenvalue weighted by atomic mass is 9.69. The Bertz CT molecular complexity index is 1560. The minimum atomic E-state index is -0.841. The highest BCUT2D eigenvalue weighted by Gasteiger charge is 2.45. The Morgan fingerprint density at radius 2 is 1.56 bits per heavy atom. The number of aliphatic imine (C=N–C) groups is 1. The summed E-state index contributed by atoms with van der Waals surface area (Å²) >= 11 is 0. The minimum Gasteiger partial charge on any atom is -0.504 e. The van der Waals surface area contributed by atoms with E-state index in [1.54, 1.807) is 33.3 Å². The average Bonchev–Trinajstić information content (AvgIpc) is 3.02. The standard InChI is InChI=1S/C34H35NO8/c1-20-31(34(38)43-15-14-42-24-8-6-5-7-9-24)32(22-10-12-26(36)29(19-22)40-3)33-25(35-20)16-23(17-27(33)37)21-11-13-28(39-2)30(18-21)41-4/h5-13,18-19,23,31-32,36H,14-17H2,1-4H3/t23-,31?,32-/m0/s1. The number of hydrogen-bond donors (Lipinski definition) is 1. The molecule has 0 saturated heterocycles. The molecule has 0 aromatic heterocycles. The molecule has 1 heterocycles. The molecule has 9 heteroatoms. The van der Waals surface area contributed by atoms with Crippen LogP contribution in [0.15, 0.2) is 83.0 Å². The highest BCUT2D eigenvalue weighted by Crippen LogP contribution is 2.48. The lowest BCUT2D eigenvalue weighted by molar-refractivity contribution is -0.147. The number of phenols is 1. The number of phenolic OH excluding ortho intramolecular Hbond substituents is 1. The number of ketones is 1. The van der Waals surface area contributed by atoms with E-state index >= 15 is 0 Å². The Labute approximate surface area is 250 Å². The molecule has 3 aromatic carbocycles. The molecule has 0 saturated carbocycles. The quantitative estimate of drug-likeness (QED) is 0.241. The first-order chi connectivity index (χ1) is 20.8. The van der Waals surface area contributed by atoms with Crippen LogP contribution in [0.2, 0.25) is 0 Å². The van der Waals surface area contributed by atoms with Gasteiger partial charge in [-0.1, -0.05) is 30.3 Å². The van der Waals surface area contributed by atoms with Crippen molar-refractivity contribution in [3.8, 4) is 28.7 Å². The maximum absolute atomic E-state index is 14.0. The van der Waals surface area contributed by atoms with Gasteiger partial charge >= 0.3 is 5.97 Å². The fraction of sp³-hybridized carbons (Fsp3) is 0.324. The summed E-state index contributed by atoms with van der Waals surface area (Å²) in [7, 11) is 4.61. The zero-order chi connectivity index (χ0) is 30.5. The molecule has 43 heavy (non-hydrogen) atoms. The third kappa shape index (κ3) is 6.21. The Kier molecular flexibility index (Phi) is 8.99. The van der Waals surface area contributed by atoms with Gasteiger partial charge in [0.15, 0.2) is 28.8 Å². The van der Waals surface area contributed by atoms with Crippen LogP contribution in [0.25, 0.3) is 0 Å². The number of ether oxygens (including phenoxy) is 5. The molecular weight excluding hydrogens is 550 g/mol. The molecule has 0 radical (unpaired) electrons. The number of esters is 1. The number of nitrogens with zero attached hydrogens (tertiary/aromatic N) is 1. The maximum atomic E-state index is 14.0. The summed E-state index contributed by atoms with van der Waals surface area (Å²) in [6, 6.07) is 19.8. The molecule has 1 unspecified atom stereocenters. The van der Waals surface area contributed by atoms with Gasteiger partial charge in [-0.2, -0.15) is 0 Å². The maximum Gasteiger partial charge on any atom is 0.315 e. The van der Waals surface area contributed by atoms with Crippen LogP contribution >= 0.6 is 0 Å². The second-order valence-corrected chi connectivity index (χ2v) is 10.5. The van der Waals surface area contributed by atoms with Crippen LogP contribution in [-0.4, -0.2) is 57.1 Å². The van der Waals surface area contributed by atoms with Gasteiger partial charge in [-0.25, -0.2) is 0 Å². The van der Waals surface area contributed by atoms with Crippen molar-refractivity contribution in [2.24, 2.45) is 10.9 Å². The summed E-state index contributed by atoms with van der Waals surface area (Å²) < 4.78 is 27.6. The number of rotatable bonds is 10. The van der Waals surface area contributed by atoms with Crippen molar-refractivity contribution in [2.75, 3.05) is 34.5 Å². The van der Waals surface area contributed by atoms with Crippen LogP contribution in [-0.2, 0) is 14.3 Å². The SMILES string of the molecule is COc1cc([C@@H]2C3=C(C[C@H](c4ccc(OC)c(OC)c4)CC3=O)N=C(C)C2C(=O)OCCOc2ccccc2)ccc1O. The number of aromatic hydroxyl groups is 1. The van der Waals surface area contributed by atoms with Gasteiger partial charge < -0.3 is 28.8 Å². The molecule has 1 N–H and O–H groups in total. The molecule has 3 aromatic rings. The van der Waals surface area contributed by atoms with Crippen LogP contribution in [0.4, 0.5) is 0 Å². The number of methoxy groups -OCH3 is 3. The Hall–Kier alpha value is -4.79. The van der Waals surface area contributed by atoms with Gasteiger partial charge in [0.05, 0.1) is 21.3 Å². The monoisotopic (exact) mass is 585 g/mol. The van der Waals surface area contributed by atoms with Crippen molar-refractivity contribution in [1.29, 1.82) is 0 Å². The number of hydrogen-bond acceptors (Lipinski definition) is 9. The number of Topliss-reactive ketones (excluding diaryl/α,β-unsaturated/α-hetero) is 1. The molecule has 0 amide bonds. The molecule has 1 aliphatic carbocycles. The Morgan fingerprint density at radius 1 is 0.860 bits per heavy atom. The summed E-state index contributed by atoms with van der Waals surface area (Å²) in [5, 5.41) is 10.3. The first-order valence-corrected chi connectivity index (χ1v) is 14.1. The number of carbonyl (C=O) groups is 2. The van der Waals surface area contributed by atoms with E-state index < -0.39 is 17.8 Å². The predicted octanol–water partition coefficient (Wildman–Crippen LogP) is 5.62. The van der Waals surface area contributed by atoms with Gasteiger partial charge in [0.25, 0.3) is 0 Å². The normalized spacial score (nSPS) is 19.7. The molecule has 0 bridgehead atoms. The van der Waals surface area contributed by atoms with E-state index in [4.69, 9.17) is 28.7 Å². The summed E-state index contributed by atoms with van der Waals surface area (Å²) in [5.74, 6) is -0.159. The third-order valence-electron chi connectivity index (χ3n) is 7.92. The number of benzene rings is 3. The largest absolute Gasteiger partial charge is 0.504 e. The van der Waals surface area contributed by atoms with Gasteiger partial charge in [-0.3, -0.25) is 14.6 Å². The molecule has 0 fully saturated rings. The van der Waals surface area contributed by atoms with E-state index in [0.29, 0.717) is 46.2 Å². The van der Waals surface area contributed by atoms with E-state index in [9.17, 15) is 14.7 Å². The van der Waals surface area contributed by atoms with Crippen LogP contribution in [0.3, 0.4) is 0 Å². The Balaban J connectivity index is 1.46. The molecular formula is C34H35NO8. The van der Waals surface area contributed by atoms with E-state index in [1.165, 1.54) is 13.2 Å². The second-order valence-electron chi connectivity index (χ2n) is 10.5. The van der Waals surface area contributed by atoms with E-state index in [0.717, 1.165) is 5.56 Å². The van der Waals surface area contributed by atoms with Crippen LogP contribution in [0.5, 0.6) is 28.7 Å². The minimum absolute atomic E-state index is 0.0321. The second kappa shape index (κ2) is 13.0. The number of carbonyl (C=O) groups excluding carboxylic acids is 2. The third-order valence-corrected chi connectivity index (χ3v) is 7.92. The first-order valence-electron chi connectivity index (χ1n) is 14.1. The van der Waals surface area contributed by atoms with Crippen LogP contribution in [0.1, 0.15) is 42.7 Å². The number of para-hydroxylation sites is 1. The smallest absolute Gasteiger partial charge is 0.315 e. The topological polar surface area (TPSA) is 113 Å². The summed E-state index contributed by atoms with van der Waals surface area (Å²) in [6.45, 7) is 1.99. The molecule has 1 aliphatic heterocycles. The molecule has 5 rings (SSSR count). The molecule has 224 valence electrons. The summed E-state index contributed by atoms with van der Waals surface area (Å²) in [6.07, 6.45) is 0.744.